The predicted octanol–water partition coefficient (Wildman–Crippen LogP) is 3.17. The zero-order chi connectivity index (χ0) is 20.4. The van der Waals surface area contributed by atoms with Crippen LogP contribution in [0.5, 0.6) is 5.75 Å². The third-order valence-corrected chi connectivity index (χ3v) is 6.00. The number of para-hydroxylation sites is 1. The summed E-state index contributed by atoms with van der Waals surface area (Å²) in [6.45, 7) is 3.30. The van der Waals surface area contributed by atoms with Gasteiger partial charge in [-0.2, -0.15) is 0 Å². The van der Waals surface area contributed by atoms with Crippen LogP contribution in [-0.2, 0) is 6.54 Å². The van der Waals surface area contributed by atoms with E-state index >= 15 is 0 Å². The third-order valence-electron chi connectivity index (χ3n) is 4.98. The number of benzene rings is 2. The van der Waals surface area contributed by atoms with Gasteiger partial charge in [-0.15, -0.1) is 11.3 Å². The molecule has 4 rings (SSSR count). The van der Waals surface area contributed by atoms with Crippen molar-refractivity contribution in [1.82, 2.24) is 14.8 Å². The number of carbonyl (C=O) groups is 1. The Labute approximate surface area is 171 Å². The number of hydrogen-bond donors (Lipinski definition) is 0. The van der Waals surface area contributed by atoms with E-state index in [9.17, 15) is 14.9 Å². The quantitative estimate of drug-likeness (QED) is 0.472. The number of rotatable bonds is 5. The summed E-state index contributed by atoms with van der Waals surface area (Å²) in [6, 6.07) is 12.2. The molecule has 1 aliphatic heterocycles. The smallest absolute Gasteiger partial charge is 0.270 e. The van der Waals surface area contributed by atoms with Crippen LogP contribution in [0.3, 0.4) is 0 Å². The van der Waals surface area contributed by atoms with Gasteiger partial charge in [0.05, 0.1) is 34.4 Å². The van der Waals surface area contributed by atoms with Crippen LogP contribution in [0, 0.1) is 10.1 Å². The Bertz CT molecular complexity index is 1030. The van der Waals surface area contributed by atoms with E-state index in [0.717, 1.165) is 30.2 Å². The van der Waals surface area contributed by atoms with E-state index in [2.05, 4.69) is 16.0 Å². The van der Waals surface area contributed by atoms with Gasteiger partial charge in [-0.1, -0.05) is 12.1 Å². The number of piperazine rings is 1. The molecule has 0 bridgehead atoms. The Balaban J connectivity index is 1.42. The summed E-state index contributed by atoms with van der Waals surface area (Å²) in [4.78, 5) is 32.1. The van der Waals surface area contributed by atoms with E-state index in [4.69, 9.17) is 4.74 Å². The number of nitro benzene ring substituents is 1. The van der Waals surface area contributed by atoms with E-state index in [1.165, 1.54) is 30.0 Å². The first kappa shape index (κ1) is 19.3. The molecular formula is C20H20N4O4S. The lowest BCUT2D eigenvalue weighted by molar-refractivity contribution is -0.384. The second-order valence-corrected chi connectivity index (χ2v) is 7.90. The van der Waals surface area contributed by atoms with Crippen LogP contribution in [0.2, 0.25) is 0 Å². The normalized spacial score (nSPS) is 14.9. The van der Waals surface area contributed by atoms with Crippen molar-refractivity contribution in [2.24, 2.45) is 0 Å². The number of hydrogen-bond acceptors (Lipinski definition) is 7. The first-order valence-electron chi connectivity index (χ1n) is 9.23. The molecule has 0 aliphatic carbocycles. The van der Waals surface area contributed by atoms with Crippen LogP contribution < -0.4 is 4.74 Å². The number of ether oxygens (including phenoxy) is 1. The summed E-state index contributed by atoms with van der Waals surface area (Å²) < 4.78 is 6.41. The van der Waals surface area contributed by atoms with Gasteiger partial charge in [0.15, 0.2) is 0 Å². The fraction of sp³-hybridized carbons (Fsp3) is 0.300. The number of carbonyl (C=O) groups excluding carboxylic acids is 1. The number of fused-ring (bicyclic) bond motifs is 1. The Hall–Kier alpha value is -3.04. The van der Waals surface area contributed by atoms with Gasteiger partial charge in [-0.25, -0.2) is 4.98 Å². The third kappa shape index (κ3) is 4.06. The maximum Gasteiger partial charge on any atom is 0.270 e. The summed E-state index contributed by atoms with van der Waals surface area (Å²) in [5.41, 5.74) is 1.11. The molecule has 1 fully saturated rings. The molecule has 2 heterocycles. The van der Waals surface area contributed by atoms with E-state index in [-0.39, 0.29) is 17.2 Å². The Morgan fingerprint density at radius 2 is 1.97 bits per heavy atom. The first-order valence-corrected chi connectivity index (χ1v) is 10.1. The molecule has 1 saturated heterocycles. The fourth-order valence-corrected chi connectivity index (χ4v) is 4.44. The molecule has 1 amide bonds. The molecule has 29 heavy (non-hydrogen) atoms. The lowest BCUT2D eigenvalue weighted by atomic mass is 10.1. The van der Waals surface area contributed by atoms with Crippen LogP contribution >= 0.6 is 11.3 Å². The summed E-state index contributed by atoms with van der Waals surface area (Å²) in [5, 5.41) is 12.1. The number of nitro groups is 1. The summed E-state index contributed by atoms with van der Waals surface area (Å²) >= 11 is 1.69. The minimum atomic E-state index is -0.508. The molecule has 9 heteroatoms. The van der Waals surface area contributed by atoms with Gasteiger partial charge in [0.1, 0.15) is 10.8 Å². The highest BCUT2D eigenvalue weighted by atomic mass is 32.1. The molecule has 0 radical (unpaired) electrons. The molecule has 0 atom stereocenters. The summed E-state index contributed by atoms with van der Waals surface area (Å²) in [6.07, 6.45) is 0. The number of aromatic nitrogens is 1. The van der Waals surface area contributed by atoms with E-state index in [1.807, 2.05) is 18.2 Å². The van der Waals surface area contributed by atoms with Gasteiger partial charge in [-0.05, 0) is 18.2 Å². The number of thiazole rings is 1. The number of non-ortho nitro benzene ring substituents is 1. The molecule has 150 valence electrons. The Morgan fingerprint density at radius 3 is 2.66 bits per heavy atom. The molecule has 1 aliphatic rings. The highest BCUT2D eigenvalue weighted by Crippen LogP contribution is 2.26. The van der Waals surface area contributed by atoms with Crippen LogP contribution in [0.4, 0.5) is 5.69 Å². The van der Waals surface area contributed by atoms with E-state index < -0.39 is 4.92 Å². The molecular weight excluding hydrogens is 392 g/mol. The molecule has 3 aromatic rings. The van der Waals surface area contributed by atoms with Gasteiger partial charge in [0, 0.05) is 38.3 Å². The number of methoxy groups -OCH3 is 1. The zero-order valence-electron chi connectivity index (χ0n) is 15.9. The van der Waals surface area contributed by atoms with Gasteiger partial charge in [0.2, 0.25) is 0 Å². The zero-order valence-corrected chi connectivity index (χ0v) is 16.7. The summed E-state index contributed by atoms with van der Waals surface area (Å²) in [7, 11) is 1.45. The number of nitrogens with zero attached hydrogens (tertiary/aromatic N) is 4. The number of amides is 1. The van der Waals surface area contributed by atoms with E-state index in [0.29, 0.717) is 18.8 Å². The van der Waals surface area contributed by atoms with Crippen molar-refractivity contribution < 1.29 is 14.5 Å². The fourth-order valence-electron chi connectivity index (χ4n) is 3.43. The van der Waals surface area contributed by atoms with Crippen molar-refractivity contribution in [2.75, 3.05) is 33.3 Å². The molecule has 0 saturated carbocycles. The molecule has 0 N–H and O–H groups in total. The highest BCUT2D eigenvalue weighted by molar-refractivity contribution is 7.18. The van der Waals surface area contributed by atoms with Crippen LogP contribution in [0.1, 0.15) is 15.4 Å². The first-order chi connectivity index (χ1) is 14.0. The molecule has 2 aromatic carbocycles. The standard InChI is InChI=1S/C20H20N4O4S/c1-28-17-7-6-14(24(26)27)12-15(17)20(25)23-10-8-22(9-11-23)13-19-21-16-4-2-3-5-18(16)29-19/h2-7,12H,8-11,13H2,1H3. The van der Waals surface area contributed by atoms with Gasteiger partial charge >= 0.3 is 0 Å². The Kier molecular flexibility index (Phi) is 5.41. The van der Waals surface area contributed by atoms with Crippen molar-refractivity contribution >= 4 is 33.1 Å². The second-order valence-electron chi connectivity index (χ2n) is 6.79. The second kappa shape index (κ2) is 8.14. The van der Waals surface area contributed by atoms with Crippen molar-refractivity contribution in [3.63, 3.8) is 0 Å². The average Bonchev–Trinajstić information content (AvgIpc) is 3.15. The monoisotopic (exact) mass is 412 g/mol. The van der Waals surface area contributed by atoms with Crippen LogP contribution in [0.25, 0.3) is 10.2 Å². The van der Waals surface area contributed by atoms with Crippen LogP contribution in [-0.4, -0.2) is 58.9 Å². The average molecular weight is 412 g/mol. The SMILES string of the molecule is COc1ccc([N+](=O)[O-])cc1C(=O)N1CCN(Cc2nc3ccccc3s2)CC1. The molecule has 0 unspecified atom stereocenters. The topological polar surface area (TPSA) is 88.8 Å². The molecule has 1 aromatic heterocycles. The van der Waals surface area contributed by atoms with Crippen molar-refractivity contribution in [1.29, 1.82) is 0 Å². The Morgan fingerprint density at radius 1 is 1.21 bits per heavy atom. The van der Waals surface area contributed by atoms with Crippen molar-refractivity contribution in [2.45, 2.75) is 6.54 Å². The molecule has 8 nitrogen and oxygen atoms in total. The van der Waals surface area contributed by atoms with Crippen molar-refractivity contribution in [3.8, 4) is 5.75 Å². The lowest BCUT2D eigenvalue weighted by Gasteiger charge is -2.34. The van der Waals surface area contributed by atoms with Gasteiger partial charge in [-0.3, -0.25) is 19.8 Å². The van der Waals surface area contributed by atoms with Gasteiger partial charge in [0.25, 0.3) is 11.6 Å². The maximum absolute atomic E-state index is 12.9. The van der Waals surface area contributed by atoms with Crippen molar-refractivity contribution in [3.05, 3.63) is 63.1 Å². The maximum atomic E-state index is 12.9. The predicted molar refractivity (Wildman–Crippen MR) is 110 cm³/mol. The minimum absolute atomic E-state index is 0.122. The largest absolute Gasteiger partial charge is 0.496 e. The minimum Gasteiger partial charge on any atom is -0.496 e. The molecule has 0 spiro atoms. The summed E-state index contributed by atoms with van der Waals surface area (Å²) in [5.74, 6) is 0.0997. The van der Waals surface area contributed by atoms with Crippen LogP contribution in [0.15, 0.2) is 42.5 Å². The highest BCUT2D eigenvalue weighted by Gasteiger charge is 2.26. The lowest BCUT2D eigenvalue weighted by Crippen LogP contribution is -2.48. The van der Waals surface area contributed by atoms with E-state index in [1.54, 1.807) is 16.2 Å². The van der Waals surface area contributed by atoms with Gasteiger partial charge < -0.3 is 9.64 Å².